The Morgan fingerprint density at radius 1 is 1.09 bits per heavy atom. The van der Waals surface area contributed by atoms with Gasteiger partial charge in [-0.1, -0.05) is 6.07 Å². The maximum Gasteiger partial charge on any atom is 0.328 e. The predicted octanol–water partition coefficient (Wildman–Crippen LogP) is 2.72. The summed E-state index contributed by atoms with van der Waals surface area (Å²) in [5.41, 5.74) is 1.78. The van der Waals surface area contributed by atoms with Gasteiger partial charge in [0.15, 0.2) is 11.5 Å². The molecule has 0 saturated carbocycles. The highest BCUT2D eigenvalue weighted by Crippen LogP contribution is 2.32. The minimum Gasteiger partial charge on any atom is -0.454 e. The zero-order valence-electron chi connectivity index (χ0n) is 18.8. The largest absolute Gasteiger partial charge is 0.454 e. The average molecular weight is 450 g/mol. The molecule has 0 atom stereocenters. The molecule has 3 aromatic rings. The number of aromatic nitrogens is 2. The summed E-state index contributed by atoms with van der Waals surface area (Å²) >= 11 is 0. The number of hydrogen-bond acceptors (Lipinski definition) is 6. The fourth-order valence-corrected chi connectivity index (χ4v) is 3.80. The Balaban J connectivity index is 1.58. The standard InChI is InChI=1S/C24H26N4O5/c1-4-27(5-2)17-7-8-19(15(3)10-17)26-22(29)18-12-25-24(31)28(23(18)30)13-16-6-9-20-21(11-16)33-14-32-20/h6-12H,4-5,13-14H2,1-3H3,(H,25,31)(H,26,29). The second kappa shape index (κ2) is 9.23. The third-order valence-corrected chi connectivity index (χ3v) is 5.67. The first kappa shape index (κ1) is 22.2. The van der Waals surface area contributed by atoms with Crippen LogP contribution in [0.25, 0.3) is 0 Å². The van der Waals surface area contributed by atoms with Crippen LogP contribution in [-0.4, -0.2) is 35.3 Å². The van der Waals surface area contributed by atoms with E-state index in [1.165, 1.54) is 0 Å². The number of benzene rings is 2. The molecular weight excluding hydrogens is 424 g/mol. The molecule has 1 aliphatic rings. The second-order valence-electron chi connectivity index (χ2n) is 7.71. The van der Waals surface area contributed by atoms with E-state index in [0.29, 0.717) is 22.7 Å². The molecule has 2 N–H and O–H groups in total. The Bertz CT molecular complexity index is 1310. The Kier molecular flexibility index (Phi) is 6.21. The van der Waals surface area contributed by atoms with Crippen LogP contribution in [0.2, 0.25) is 0 Å². The van der Waals surface area contributed by atoms with Crippen molar-refractivity contribution in [1.82, 2.24) is 9.55 Å². The fraction of sp³-hybridized carbons (Fsp3) is 0.292. The molecule has 4 rings (SSSR count). The maximum absolute atomic E-state index is 13.0. The number of carbonyl (C=O) groups is 1. The number of rotatable bonds is 7. The Morgan fingerprint density at radius 2 is 1.85 bits per heavy atom. The van der Waals surface area contributed by atoms with Gasteiger partial charge in [-0.05, 0) is 62.2 Å². The van der Waals surface area contributed by atoms with Gasteiger partial charge < -0.3 is 24.7 Å². The molecule has 0 bridgehead atoms. The third kappa shape index (κ3) is 4.48. The van der Waals surface area contributed by atoms with E-state index in [4.69, 9.17) is 9.47 Å². The van der Waals surface area contributed by atoms with Crippen LogP contribution in [0.1, 0.15) is 35.3 Å². The van der Waals surface area contributed by atoms with Gasteiger partial charge in [-0.25, -0.2) is 4.79 Å². The minimum atomic E-state index is -0.675. The van der Waals surface area contributed by atoms with E-state index in [1.807, 2.05) is 25.1 Å². The van der Waals surface area contributed by atoms with Gasteiger partial charge in [0.05, 0.1) is 6.54 Å². The highest BCUT2D eigenvalue weighted by atomic mass is 16.7. The van der Waals surface area contributed by atoms with Crippen LogP contribution in [-0.2, 0) is 6.54 Å². The van der Waals surface area contributed by atoms with Crippen molar-refractivity contribution in [3.05, 3.63) is 80.1 Å². The summed E-state index contributed by atoms with van der Waals surface area (Å²) in [5, 5.41) is 2.78. The molecule has 172 valence electrons. The van der Waals surface area contributed by atoms with E-state index < -0.39 is 17.2 Å². The number of ether oxygens (including phenoxy) is 2. The number of aromatic amines is 1. The lowest BCUT2D eigenvalue weighted by Crippen LogP contribution is -2.39. The molecule has 0 radical (unpaired) electrons. The van der Waals surface area contributed by atoms with Crippen molar-refractivity contribution >= 4 is 17.3 Å². The Labute approximate surface area is 190 Å². The van der Waals surface area contributed by atoms with Gasteiger partial charge in [0.25, 0.3) is 11.5 Å². The number of nitrogens with zero attached hydrogens (tertiary/aromatic N) is 2. The van der Waals surface area contributed by atoms with Crippen molar-refractivity contribution in [2.24, 2.45) is 0 Å². The molecule has 33 heavy (non-hydrogen) atoms. The molecule has 0 unspecified atom stereocenters. The minimum absolute atomic E-state index is 0.0104. The van der Waals surface area contributed by atoms with Gasteiger partial charge in [-0.15, -0.1) is 0 Å². The SMILES string of the molecule is CCN(CC)c1ccc(NC(=O)c2c[nH]c(=O)n(Cc3ccc4c(c3)OCO4)c2=O)c(C)c1. The molecule has 0 saturated heterocycles. The first-order valence-corrected chi connectivity index (χ1v) is 10.8. The summed E-state index contributed by atoms with van der Waals surface area (Å²) in [5.74, 6) is 0.569. The number of fused-ring (bicyclic) bond motifs is 1. The zero-order valence-corrected chi connectivity index (χ0v) is 18.8. The Hall–Kier alpha value is -4.01. The normalized spacial score (nSPS) is 12.0. The van der Waals surface area contributed by atoms with Crippen molar-refractivity contribution in [2.75, 3.05) is 30.1 Å². The smallest absolute Gasteiger partial charge is 0.328 e. The van der Waals surface area contributed by atoms with Crippen LogP contribution >= 0.6 is 0 Å². The molecule has 1 aromatic heterocycles. The van der Waals surface area contributed by atoms with Gasteiger partial charge in [0.2, 0.25) is 6.79 Å². The predicted molar refractivity (Wildman–Crippen MR) is 126 cm³/mol. The molecule has 2 heterocycles. The van der Waals surface area contributed by atoms with Crippen LogP contribution in [0.15, 0.2) is 52.2 Å². The van der Waals surface area contributed by atoms with E-state index in [2.05, 4.69) is 29.0 Å². The van der Waals surface area contributed by atoms with Crippen LogP contribution in [0.4, 0.5) is 11.4 Å². The van der Waals surface area contributed by atoms with Gasteiger partial charge >= 0.3 is 5.69 Å². The highest BCUT2D eigenvalue weighted by molar-refractivity contribution is 6.04. The van der Waals surface area contributed by atoms with Crippen LogP contribution in [0, 0.1) is 6.92 Å². The monoisotopic (exact) mass is 450 g/mol. The molecule has 0 spiro atoms. The molecule has 1 aliphatic heterocycles. The molecule has 2 aromatic carbocycles. The lowest BCUT2D eigenvalue weighted by atomic mass is 10.1. The summed E-state index contributed by atoms with van der Waals surface area (Å²) in [7, 11) is 0. The van der Waals surface area contributed by atoms with Crippen molar-refractivity contribution in [3.63, 3.8) is 0 Å². The number of nitrogens with one attached hydrogen (secondary N) is 2. The van der Waals surface area contributed by atoms with Gasteiger partial charge in [0, 0.05) is 30.7 Å². The molecular formula is C24H26N4O5. The Morgan fingerprint density at radius 3 is 2.58 bits per heavy atom. The van der Waals surface area contributed by atoms with Crippen molar-refractivity contribution < 1.29 is 14.3 Å². The van der Waals surface area contributed by atoms with Gasteiger partial charge in [0.1, 0.15) is 5.56 Å². The first-order chi connectivity index (χ1) is 15.9. The molecule has 9 nitrogen and oxygen atoms in total. The van der Waals surface area contributed by atoms with Crippen LogP contribution < -0.4 is 30.9 Å². The van der Waals surface area contributed by atoms with Gasteiger partial charge in [-0.2, -0.15) is 0 Å². The lowest BCUT2D eigenvalue weighted by Gasteiger charge is -2.22. The number of anilines is 2. The number of amides is 1. The summed E-state index contributed by atoms with van der Waals surface area (Å²) in [6.07, 6.45) is 1.15. The zero-order chi connectivity index (χ0) is 23.5. The number of aryl methyl sites for hydroxylation is 1. The van der Waals surface area contributed by atoms with Crippen LogP contribution in [0.3, 0.4) is 0 Å². The number of carbonyl (C=O) groups excluding carboxylic acids is 1. The molecule has 0 aliphatic carbocycles. The summed E-state index contributed by atoms with van der Waals surface area (Å²) in [6, 6.07) is 10.9. The maximum atomic E-state index is 13.0. The first-order valence-electron chi connectivity index (χ1n) is 10.8. The second-order valence-corrected chi connectivity index (χ2v) is 7.71. The third-order valence-electron chi connectivity index (χ3n) is 5.67. The topological polar surface area (TPSA) is 106 Å². The fourth-order valence-electron chi connectivity index (χ4n) is 3.80. The molecule has 1 amide bonds. The quantitative estimate of drug-likeness (QED) is 0.573. The lowest BCUT2D eigenvalue weighted by molar-refractivity contribution is 0.102. The van der Waals surface area contributed by atoms with E-state index in [9.17, 15) is 14.4 Å². The van der Waals surface area contributed by atoms with Crippen molar-refractivity contribution in [3.8, 4) is 11.5 Å². The van der Waals surface area contributed by atoms with Gasteiger partial charge in [-0.3, -0.25) is 14.2 Å². The summed E-state index contributed by atoms with van der Waals surface area (Å²) < 4.78 is 11.6. The van der Waals surface area contributed by atoms with Crippen LogP contribution in [0.5, 0.6) is 11.5 Å². The molecule has 9 heteroatoms. The van der Waals surface area contributed by atoms with E-state index in [-0.39, 0.29) is 18.9 Å². The summed E-state index contributed by atoms with van der Waals surface area (Å²) in [4.78, 5) is 42.9. The number of hydrogen-bond donors (Lipinski definition) is 2. The highest BCUT2D eigenvalue weighted by Gasteiger charge is 2.18. The van der Waals surface area contributed by atoms with E-state index >= 15 is 0 Å². The molecule has 0 fully saturated rings. The van der Waals surface area contributed by atoms with Crippen molar-refractivity contribution in [2.45, 2.75) is 27.3 Å². The summed E-state index contributed by atoms with van der Waals surface area (Å²) in [6.45, 7) is 7.93. The van der Waals surface area contributed by atoms with E-state index in [0.717, 1.165) is 35.1 Å². The average Bonchev–Trinajstić information content (AvgIpc) is 3.27. The van der Waals surface area contributed by atoms with Crippen molar-refractivity contribution in [1.29, 1.82) is 0 Å². The number of H-pyrrole nitrogens is 1. The van der Waals surface area contributed by atoms with E-state index in [1.54, 1.807) is 18.2 Å².